The average molecular weight is 671 g/mol. The lowest BCUT2D eigenvalue weighted by Crippen LogP contribution is -2.53. The molecule has 0 saturated carbocycles. The van der Waals surface area contributed by atoms with Crippen molar-refractivity contribution in [1.82, 2.24) is 4.90 Å². The Labute approximate surface area is 276 Å². The van der Waals surface area contributed by atoms with Gasteiger partial charge in [-0.3, -0.25) is 4.79 Å². The van der Waals surface area contributed by atoms with Gasteiger partial charge in [0.2, 0.25) is 0 Å². The molecule has 0 spiro atoms. The van der Waals surface area contributed by atoms with E-state index >= 15 is 4.39 Å². The SMILES string of the molecule is CC(C)OC1CN(c2cc(Cl)c(C(=O)N3COc4c(cccc4-c4cc(N5C6CCC5COC6)c(C(=O)O)cc4F)C3)c(Cl)c2)C1. The van der Waals surface area contributed by atoms with Crippen molar-refractivity contribution < 1.29 is 33.3 Å². The maximum atomic E-state index is 15.7. The van der Waals surface area contributed by atoms with Crippen molar-refractivity contribution in [3.8, 4) is 16.9 Å². The molecule has 3 aromatic carbocycles. The van der Waals surface area contributed by atoms with Crippen LogP contribution in [0.4, 0.5) is 15.8 Å². The Morgan fingerprint density at radius 3 is 2.37 bits per heavy atom. The molecule has 2 atom stereocenters. The van der Waals surface area contributed by atoms with Crippen LogP contribution in [0, 0.1) is 5.82 Å². The van der Waals surface area contributed by atoms with Crippen LogP contribution in [0.25, 0.3) is 11.1 Å². The number of benzene rings is 3. The molecular formula is C34H34Cl2FN3O6. The fourth-order valence-electron chi connectivity index (χ4n) is 7.02. The van der Waals surface area contributed by atoms with Crippen LogP contribution in [0.5, 0.6) is 5.75 Å². The number of morpholine rings is 1. The number of rotatable bonds is 7. The summed E-state index contributed by atoms with van der Waals surface area (Å²) in [4.78, 5) is 31.6. The highest BCUT2D eigenvalue weighted by Crippen LogP contribution is 2.43. The smallest absolute Gasteiger partial charge is 0.337 e. The van der Waals surface area contributed by atoms with E-state index in [9.17, 15) is 14.7 Å². The lowest BCUT2D eigenvalue weighted by atomic mass is 9.96. The van der Waals surface area contributed by atoms with E-state index in [-0.39, 0.29) is 70.2 Å². The summed E-state index contributed by atoms with van der Waals surface area (Å²) in [6, 6.07) is 11.6. The zero-order valence-electron chi connectivity index (χ0n) is 25.5. The number of halogens is 3. The van der Waals surface area contributed by atoms with Crippen molar-refractivity contribution in [2.24, 2.45) is 0 Å². The van der Waals surface area contributed by atoms with Gasteiger partial charge in [-0.2, -0.15) is 0 Å². The minimum atomic E-state index is -1.19. The summed E-state index contributed by atoms with van der Waals surface area (Å²) in [6.07, 6.45) is 2.05. The van der Waals surface area contributed by atoms with E-state index in [0.717, 1.165) is 24.6 Å². The maximum Gasteiger partial charge on any atom is 0.337 e. The topological polar surface area (TPSA) is 91.8 Å². The minimum absolute atomic E-state index is 0.0325. The van der Waals surface area contributed by atoms with Gasteiger partial charge in [0.1, 0.15) is 11.6 Å². The van der Waals surface area contributed by atoms with E-state index in [4.69, 9.17) is 37.4 Å². The van der Waals surface area contributed by atoms with Gasteiger partial charge < -0.3 is 34.0 Å². The van der Waals surface area contributed by atoms with Crippen molar-refractivity contribution in [3.05, 3.63) is 75.0 Å². The Balaban J connectivity index is 1.14. The molecule has 1 N–H and O–H groups in total. The highest BCUT2D eigenvalue weighted by Gasteiger charge is 2.40. The largest absolute Gasteiger partial charge is 0.478 e. The molecule has 7 rings (SSSR count). The van der Waals surface area contributed by atoms with Crippen molar-refractivity contribution in [2.75, 3.05) is 42.8 Å². The monoisotopic (exact) mass is 669 g/mol. The molecule has 4 heterocycles. The molecule has 0 radical (unpaired) electrons. The quantitative estimate of drug-likeness (QED) is 0.306. The third-order valence-corrected chi connectivity index (χ3v) is 9.75. The number of carboxylic acids is 1. The second kappa shape index (κ2) is 12.2. The number of nitrogens with zero attached hydrogens (tertiary/aromatic N) is 3. The Bertz CT molecular complexity index is 1680. The second-order valence-corrected chi connectivity index (χ2v) is 13.4. The summed E-state index contributed by atoms with van der Waals surface area (Å²) >= 11 is 13.3. The van der Waals surface area contributed by atoms with Gasteiger partial charge in [-0.05, 0) is 51.0 Å². The van der Waals surface area contributed by atoms with Crippen molar-refractivity contribution in [1.29, 1.82) is 0 Å². The van der Waals surface area contributed by atoms with Gasteiger partial charge in [0.05, 0.1) is 70.9 Å². The third kappa shape index (κ3) is 5.55. The summed E-state index contributed by atoms with van der Waals surface area (Å²) < 4.78 is 33.3. The number of carbonyl (C=O) groups excluding carboxylic acids is 1. The first-order valence-corrected chi connectivity index (χ1v) is 16.2. The molecule has 9 nitrogen and oxygen atoms in total. The Hall–Kier alpha value is -3.57. The molecule has 3 fully saturated rings. The molecule has 2 bridgehead atoms. The number of carbonyl (C=O) groups is 2. The van der Waals surface area contributed by atoms with Crippen molar-refractivity contribution >= 4 is 46.5 Å². The normalized spacial score (nSPS) is 20.9. The maximum absolute atomic E-state index is 15.7. The Kier molecular flexibility index (Phi) is 8.25. The van der Waals surface area contributed by atoms with Gasteiger partial charge in [0, 0.05) is 35.5 Å². The molecular weight excluding hydrogens is 636 g/mol. The number of hydrogen-bond acceptors (Lipinski definition) is 7. The first kappa shape index (κ1) is 31.1. The number of hydrogen-bond donors (Lipinski definition) is 1. The summed E-state index contributed by atoms with van der Waals surface area (Å²) in [5.74, 6) is -1.80. The number of ether oxygens (including phenoxy) is 3. The van der Waals surface area contributed by atoms with E-state index in [2.05, 4.69) is 9.80 Å². The molecule has 12 heteroatoms. The van der Waals surface area contributed by atoms with E-state index in [1.807, 2.05) is 19.9 Å². The molecule has 1 amide bonds. The third-order valence-electron chi connectivity index (χ3n) is 9.15. The van der Waals surface area contributed by atoms with Gasteiger partial charge in [0.15, 0.2) is 6.73 Å². The Morgan fingerprint density at radius 1 is 1.02 bits per heavy atom. The summed E-state index contributed by atoms with van der Waals surface area (Å²) in [6.45, 7) is 6.51. The molecule has 242 valence electrons. The molecule has 4 aliphatic rings. The number of carboxylic acid groups (broad SMARTS) is 1. The predicted molar refractivity (Wildman–Crippen MR) is 173 cm³/mol. The number of amides is 1. The van der Waals surface area contributed by atoms with Crippen LogP contribution in [0.2, 0.25) is 10.0 Å². The van der Waals surface area contributed by atoms with Crippen molar-refractivity contribution in [2.45, 2.75) is 57.5 Å². The number of anilines is 2. The van der Waals surface area contributed by atoms with Crippen LogP contribution in [0.1, 0.15) is 53.0 Å². The minimum Gasteiger partial charge on any atom is -0.478 e. The fraction of sp³-hybridized carbons (Fsp3) is 0.412. The lowest BCUT2D eigenvalue weighted by Gasteiger charge is -2.41. The van der Waals surface area contributed by atoms with Crippen LogP contribution in [-0.4, -0.2) is 79.2 Å². The van der Waals surface area contributed by atoms with E-state index in [1.54, 1.807) is 30.3 Å². The first-order chi connectivity index (χ1) is 22.1. The van der Waals surface area contributed by atoms with E-state index in [0.29, 0.717) is 48.9 Å². The van der Waals surface area contributed by atoms with E-state index < -0.39 is 11.8 Å². The predicted octanol–water partition coefficient (Wildman–Crippen LogP) is 6.47. The standard InChI is InChI=1S/C34H34Cl2FN3O6/c1-18(2)46-23-13-38(14-23)22-8-27(35)31(28(36)9-22)33(41)39-12-19-4-3-5-24(32(19)45-17-39)25-11-30(26(34(42)43)10-29(25)37)40-20-6-7-21(40)16-44-15-20/h3-5,8-11,18,20-21,23H,6-7,12-17H2,1-2H3,(H,42,43). The van der Waals surface area contributed by atoms with Gasteiger partial charge in [-0.25, -0.2) is 9.18 Å². The second-order valence-electron chi connectivity index (χ2n) is 12.6. The van der Waals surface area contributed by atoms with Crippen molar-refractivity contribution in [3.63, 3.8) is 0 Å². The highest BCUT2D eigenvalue weighted by molar-refractivity contribution is 6.40. The number of aromatic carboxylic acids is 1. The summed E-state index contributed by atoms with van der Waals surface area (Å²) in [5.41, 5.74) is 2.78. The molecule has 4 aliphatic heterocycles. The zero-order chi connectivity index (χ0) is 32.3. The first-order valence-electron chi connectivity index (χ1n) is 15.5. The van der Waals surface area contributed by atoms with Gasteiger partial charge >= 0.3 is 5.97 Å². The van der Waals surface area contributed by atoms with Crippen LogP contribution < -0.4 is 14.5 Å². The van der Waals surface area contributed by atoms with Crippen LogP contribution in [-0.2, 0) is 16.0 Å². The summed E-state index contributed by atoms with van der Waals surface area (Å²) in [7, 11) is 0. The fourth-order valence-corrected chi connectivity index (χ4v) is 7.65. The Morgan fingerprint density at radius 2 is 1.72 bits per heavy atom. The molecule has 3 saturated heterocycles. The molecule has 46 heavy (non-hydrogen) atoms. The van der Waals surface area contributed by atoms with Crippen LogP contribution in [0.15, 0.2) is 42.5 Å². The van der Waals surface area contributed by atoms with Gasteiger partial charge in [-0.1, -0.05) is 41.4 Å². The van der Waals surface area contributed by atoms with Gasteiger partial charge in [-0.15, -0.1) is 0 Å². The van der Waals surface area contributed by atoms with Crippen LogP contribution in [0.3, 0.4) is 0 Å². The molecule has 3 aromatic rings. The van der Waals surface area contributed by atoms with Gasteiger partial charge in [0.25, 0.3) is 5.91 Å². The number of fused-ring (bicyclic) bond motifs is 3. The average Bonchev–Trinajstić information content (AvgIpc) is 3.24. The lowest BCUT2D eigenvalue weighted by molar-refractivity contribution is -0.00720. The summed E-state index contributed by atoms with van der Waals surface area (Å²) in [5, 5.41) is 10.4. The number of para-hydroxylation sites is 1. The van der Waals surface area contributed by atoms with Crippen LogP contribution >= 0.6 is 23.2 Å². The molecule has 0 aliphatic carbocycles. The molecule has 0 aromatic heterocycles. The van der Waals surface area contributed by atoms with E-state index in [1.165, 1.54) is 4.90 Å². The highest BCUT2D eigenvalue weighted by atomic mass is 35.5. The zero-order valence-corrected chi connectivity index (χ0v) is 27.0. The molecule has 2 unspecified atom stereocenters.